The highest BCUT2D eigenvalue weighted by molar-refractivity contribution is 6.30. The van der Waals surface area contributed by atoms with Crippen molar-refractivity contribution in [3.05, 3.63) is 35.7 Å². The number of carbonyl (C=O) groups is 1. The number of halogens is 1. The maximum atomic E-state index is 11.3. The lowest BCUT2D eigenvalue weighted by atomic mass is 10.1. The van der Waals surface area contributed by atoms with Crippen LogP contribution in [0.1, 0.15) is 16.2 Å². The van der Waals surface area contributed by atoms with Crippen molar-refractivity contribution in [3.8, 4) is 5.75 Å². The van der Waals surface area contributed by atoms with Crippen molar-refractivity contribution in [1.29, 1.82) is 0 Å². The number of tetrazole rings is 1. The molecule has 1 aromatic carbocycles. The molecule has 0 fully saturated rings. The third kappa shape index (κ3) is 3.01. The number of carbonyl (C=O) groups excluding carboxylic acids is 1. The molecular formula is C10H9ClN4O2. The zero-order chi connectivity index (χ0) is 12.1. The third-order valence-electron chi connectivity index (χ3n) is 2.06. The summed E-state index contributed by atoms with van der Waals surface area (Å²) in [5.74, 6) is 1.03. The van der Waals surface area contributed by atoms with E-state index < -0.39 is 0 Å². The average Bonchev–Trinajstić information content (AvgIpc) is 2.89. The molecule has 0 bridgehead atoms. The maximum absolute atomic E-state index is 11.3. The predicted octanol–water partition coefficient (Wildman–Crippen LogP) is 1.20. The van der Waals surface area contributed by atoms with Crippen LogP contribution in [0.25, 0.3) is 0 Å². The number of benzene rings is 1. The molecule has 0 aliphatic heterocycles. The number of aromatic nitrogens is 4. The van der Waals surface area contributed by atoms with Crippen molar-refractivity contribution in [2.24, 2.45) is 0 Å². The molecule has 0 spiro atoms. The van der Waals surface area contributed by atoms with Crippen molar-refractivity contribution >= 4 is 17.4 Å². The lowest BCUT2D eigenvalue weighted by Crippen LogP contribution is -2.01. The summed E-state index contributed by atoms with van der Waals surface area (Å²) in [5, 5.41) is 13.1. The number of H-pyrrole nitrogens is 1. The molecule has 1 heterocycles. The number of hydrogen-bond acceptors (Lipinski definition) is 5. The van der Waals surface area contributed by atoms with E-state index in [-0.39, 0.29) is 18.3 Å². The summed E-state index contributed by atoms with van der Waals surface area (Å²) in [6.45, 7) is 0.246. The summed E-state index contributed by atoms with van der Waals surface area (Å²) in [5.41, 5.74) is 0.564. The van der Waals surface area contributed by atoms with Crippen LogP contribution in [0.3, 0.4) is 0 Å². The molecule has 7 heteroatoms. The van der Waals surface area contributed by atoms with Gasteiger partial charge in [0.2, 0.25) is 0 Å². The van der Waals surface area contributed by atoms with Crippen LogP contribution in [0.2, 0.25) is 0 Å². The second-order valence-corrected chi connectivity index (χ2v) is 3.49. The second kappa shape index (κ2) is 5.40. The van der Waals surface area contributed by atoms with E-state index in [1.54, 1.807) is 24.3 Å². The van der Waals surface area contributed by atoms with Gasteiger partial charge in [0.05, 0.1) is 5.88 Å². The molecule has 2 rings (SSSR count). The fourth-order valence-corrected chi connectivity index (χ4v) is 1.36. The van der Waals surface area contributed by atoms with Gasteiger partial charge in [-0.25, -0.2) is 5.10 Å². The molecule has 88 valence electrons. The maximum Gasteiger partial charge on any atom is 0.186 e. The highest BCUT2D eigenvalue weighted by Crippen LogP contribution is 2.13. The van der Waals surface area contributed by atoms with Crippen LogP contribution in [0.5, 0.6) is 5.75 Å². The number of nitrogens with one attached hydrogen (secondary N) is 1. The van der Waals surface area contributed by atoms with Gasteiger partial charge < -0.3 is 4.74 Å². The highest BCUT2D eigenvalue weighted by atomic mass is 35.5. The summed E-state index contributed by atoms with van der Waals surface area (Å²) in [7, 11) is 0. The van der Waals surface area contributed by atoms with E-state index in [0.717, 1.165) is 0 Å². The molecule has 0 unspecified atom stereocenters. The van der Waals surface area contributed by atoms with Gasteiger partial charge in [0, 0.05) is 5.56 Å². The van der Waals surface area contributed by atoms with Crippen molar-refractivity contribution in [3.63, 3.8) is 0 Å². The van der Waals surface area contributed by atoms with Crippen LogP contribution in [0.4, 0.5) is 0 Å². The minimum atomic E-state index is -0.113. The van der Waals surface area contributed by atoms with Gasteiger partial charge in [0.25, 0.3) is 0 Å². The van der Waals surface area contributed by atoms with Gasteiger partial charge in [-0.05, 0) is 34.7 Å². The van der Waals surface area contributed by atoms with Crippen molar-refractivity contribution in [1.82, 2.24) is 20.6 Å². The molecule has 0 atom stereocenters. The molecule has 0 aliphatic carbocycles. The quantitative estimate of drug-likeness (QED) is 0.639. The van der Waals surface area contributed by atoms with E-state index in [9.17, 15) is 4.79 Å². The number of ether oxygens (including phenoxy) is 1. The Balaban J connectivity index is 1.96. The molecule has 1 aromatic heterocycles. The predicted molar refractivity (Wildman–Crippen MR) is 60.0 cm³/mol. The number of rotatable bonds is 5. The first-order valence-corrected chi connectivity index (χ1v) is 5.37. The lowest BCUT2D eigenvalue weighted by molar-refractivity contribution is 0.102. The van der Waals surface area contributed by atoms with Gasteiger partial charge in [0.1, 0.15) is 12.4 Å². The summed E-state index contributed by atoms with van der Waals surface area (Å²) in [6.07, 6.45) is 0. The number of Topliss-reactive ketones (excluding diaryl/α,β-unsaturated/α-hetero) is 1. The zero-order valence-corrected chi connectivity index (χ0v) is 9.52. The van der Waals surface area contributed by atoms with Gasteiger partial charge in [-0.3, -0.25) is 4.79 Å². The van der Waals surface area contributed by atoms with Crippen LogP contribution < -0.4 is 4.74 Å². The Morgan fingerprint density at radius 1 is 1.35 bits per heavy atom. The van der Waals surface area contributed by atoms with Gasteiger partial charge in [-0.15, -0.1) is 16.7 Å². The first-order valence-electron chi connectivity index (χ1n) is 4.84. The number of nitrogens with zero attached hydrogens (tertiary/aromatic N) is 3. The molecule has 17 heavy (non-hydrogen) atoms. The fourth-order valence-electron chi connectivity index (χ4n) is 1.21. The van der Waals surface area contributed by atoms with E-state index in [4.69, 9.17) is 16.3 Å². The lowest BCUT2D eigenvalue weighted by Gasteiger charge is -2.04. The number of aromatic amines is 1. The smallest absolute Gasteiger partial charge is 0.186 e. The molecule has 0 radical (unpaired) electrons. The van der Waals surface area contributed by atoms with Gasteiger partial charge in [-0.2, -0.15) is 0 Å². The first kappa shape index (κ1) is 11.5. The molecule has 1 N–H and O–H groups in total. The van der Waals surface area contributed by atoms with E-state index in [1.807, 2.05) is 0 Å². The molecular weight excluding hydrogens is 244 g/mol. The van der Waals surface area contributed by atoms with Crippen LogP contribution in [-0.2, 0) is 6.61 Å². The van der Waals surface area contributed by atoms with Crippen LogP contribution in [0, 0.1) is 0 Å². The Labute approximate surface area is 102 Å². The minimum Gasteiger partial charge on any atom is -0.486 e. The zero-order valence-electron chi connectivity index (χ0n) is 8.76. The largest absolute Gasteiger partial charge is 0.486 e. The van der Waals surface area contributed by atoms with Crippen molar-refractivity contribution in [2.75, 3.05) is 5.88 Å². The summed E-state index contributed by atoms with van der Waals surface area (Å²) in [6, 6.07) is 6.73. The minimum absolute atomic E-state index is 0.0239. The van der Waals surface area contributed by atoms with Gasteiger partial charge in [-0.1, -0.05) is 0 Å². The molecule has 0 aliphatic rings. The second-order valence-electron chi connectivity index (χ2n) is 3.22. The molecule has 2 aromatic rings. The number of ketones is 1. The Morgan fingerprint density at radius 2 is 2.12 bits per heavy atom. The van der Waals surface area contributed by atoms with E-state index in [2.05, 4.69) is 20.6 Å². The van der Waals surface area contributed by atoms with Crippen LogP contribution >= 0.6 is 11.6 Å². The average molecular weight is 253 g/mol. The van der Waals surface area contributed by atoms with E-state index in [1.165, 1.54) is 0 Å². The normalized spacial score (nSPS) is 10.2. The Hall–Kier alpha value is -1.95. The molecule has 0 saturated carbocycles. The highest BCUT2D eigenvalue weighted by Gasteiger charge is 2.04. The van der Waals surface area contributed by atoms with Crippen LogP contribution in [0.15, 0.2) is 24.3 Å². The summed E-state index contributed by atoms with van der Waals surface area (Å²) >= 11 is 5.45. The van der Waals surface area contributed by atoms with Gasteiger partial charge in [0.15, 0.2) is 11.6 Å². The van der Waals surface area contributed by atoms with E-state index in [0.29, 0.717) is 17.1 Å². The van der Waals surface area contributed by atoms with Gasteiger partial charge >= 0.3 is 0 Å². The Bertz CT molecular complexity index is 484. The topological polar surface area (TPSA) is 80.8 Å². The number of hydrogen-bond donors (Lipinski definition) is 1. The fraction of sp³-hybridized carbons (Fsp3) is 0.200. The van der Waals surface area contributed by atoms with Crippen LogP contribution in [-0.4, -0.2) is 32.3 Å². The standard InChI is InChI=1S/C10H9ClN4O2/c11-5-9(16)7-1-3-8(4-2-7)17-6-10-12-14-15-13-10/h1-4H,5-6H2,(H,12,13,14,15). The Kier molecular flexibility index (Phi) is 3.66. The SMILES string of the molecule is O=C(CCl)c1ccc(OCc2nnn[nH]2)cc1. The van der Waals surface area contributed by atoms with Crippen molar-refractivity contribution < 1.29 is 9.53 Å². The Morgan fingerprint density at radius 3 is 2.71 bits per heavy atom. The monoisotopic (exact) mass is 252 g/mol. The van der Waals surface area contributed by atoms with E-state index >= 15 is 0 Å². The number of alkyl halides is 1. The molecule has 0 amide bonds. The summed E-state index contributed by atoms with van der Waals surface area (Å²) in [4.78, 5) is 11.3. The molecule has 6 nitrogen and oxygen atoms in total. The third-order valence-corrected chi connectivity index (χ3v) is 2.31. The molecule has 0 saturated heterocycles. The van der Waals surface area contributed by atoms with Crippen molar-refractivity contribution in [2.45, 2.75) is 6.61 Å². The first-order chi connectivity index (χ1) is 8.29. The summed E-state index contributed by atoms with van der Waals surface area (Å²) < 4.78 is 5.40.